The average Bonchev–Trinajstić information content (AvgIpc) is 2.96. The largest absolute Gasteiger partial charge is 0.295 e. The standard InChI is InChI=1S/C19H14FNOS/c20-14-8-10-15(11-9-14)21-18(22)12-23-19(21)17-7-3-5-13-4-1-2-6-16(13)17/h1-11,19H,12H2. The molecule has 1 heterocycles. The van der Waals surface area contributed by atoms with E-state index in [0.29, 0.717) is 5.75 Å². The number of benzene rings is 3. The molecule has 1 unspecified atom stereocenters. The Balaban J connectivity index is 1.83. The summed E-state index contributed by atoms with van der Waals surface area (Å²) >= 11 is 1.61. The molecule has 4 heteroatoms. The average molecular weight is 323 g/mol. The van der Waals surface area contributed by atoms with Crippen LogP contribution in [0.5, 0.6) is 0 Å². The summed E-state index contributed by atoms with van der Waals surface area (Å²) in [6.45, 7) is 0. The predicted octanol–water partition coefficient (Wildman–Crippen LogP) is 4.76. The molecular weight excluding hydrogens is 309 g/mol. The van der Waals surface area contributed by atoms with Gasteiger partial charge in [0.2, 0.25) is 5.91 Å². The molecule has 0 saturated carbocycles. The summed E-state index contributed by atoms with van der Waals surface area (Å²) in [7, 11) is 0. The van der Waals surface area contributed by atoms with Crippen LogP contribution in [0, 0.1) is 5.82 Å². The third kappa shape index (κ3) is 2.49. The molecule has 3 aromatic rings. The third-order valence-corrected chi connectivity index (χ3v) is 5.26. The van der Waals surface area contributed by atoms with Crippen molar-refractivity contribution in [3.63, 3.8) is 0 Å². The van der Waals surface area contributed by atoms with Gasteiger partial charge in [-0.2, -0.15) is 0 Å². The first kappa shape index (κ1) is 14.3. The number of rotatable bonds is 2. The second kappa shape index (κ2) is 5.70. The molecule has 0 aliphatic carbocycles. The highest BCUT2D eigenvalue weighted by atomic mass is 32.2. The minimum absolute atomic E-state index is 0.0551. The fourth-order valence-electron chi connectivity index (χ4n) is 3.00. The van der Waals surface area contributed by atoms with Crippen molar-refractivity contribution in [2.45, 2.75) is 5.37 Å². The Bertz CT molecular complexity index is 873. The smallest absolute Gasteiger partial charge is 0.238 e. The van der Waals surface area contributed by atoms with Gasteiger partial charge >= 0.3 is 0 Å². The van der Waals surface area contributed by atoms with Gasteiger partial charge < -0.3 is 0 Å². The number of carbonyl (C=O) groups excluding carboxylic acids is 1. The Morgan fingerprint density at radius 3 is 2.52 bits per heavy atom. The number of amides is 1. The molecule has 1 atom stereocenters. The van der Waals surface area contributed by atoms with Gasteiger partial charge in [-0.05, 0) is 40.6 Å². The Labute approximate surface area is 137 Å². The summed E-state index contributed by atoms with van der Waals surface area (Å²) < 4.78 is 13.2. The molecule has 0 spiro atoms. The summed E-state index contributed by atoms with van der Waals surface area (Å²) in [6.07, 6.45) is 0. The lowest BCUT2D eigenvalue weighted by molar-refractivity contribution is -0.115. The number of anilines is 1. The topological polar surface area (TPSA) is 20.3 Å². The fourth-order valence-corrected chi connectivity index (χ4v) is 4.21. The van der Waals surface area contributed by atoms with Crippen LogP contribution in [0.15, 0.2) is 66.7 Å². The number of hydrogen-bond acceptors (Lipinski definition) is 2. The lowest BCUT2D eigenvalue weighted by Gasteiger charge is -2.25. The maximum Gasteiger partial charge on any atom is 0.238 e. The van der Waals surface area contributed by atoms with Crippen LogP contribution in [0.4, 0.5) is 10.1 Å². The van der Waals surface area contributed by atoms with E-state index in [2.05, 4.69) is 24.3 Å². The zero-order valence-electron chi connectivity index (χ0n) is 12.3. The zero-order chi connectivity index (χ0) is 15.8. The Hall–Kier alpha value is -2.33. The maximum atomic E-state index is 13.2. The van der Waals surface area contributed by atoms with Gasteiger partial charge in [0.25, 0.3) is 0 Å². The van der Waals surface area contributed by atoms with Crippen molar-refractivity contribution in [3.05, 3.63) is 78.1 Å². The number of halogens is 1. The first-order chi connectivity index (χ1) is 11.2. The van der Waals surface area contributed by atoms with Gasteiger partial charge in [0.15, 0.2) is 0 Å². The molecule has 0 bridgehead atoms. The van der Waals surface area contributed by atoms with Crippen molar-refractivity contribution >= 4 is 34.1 Å². The van der Waals surface area contributed by atoms with Crippen LogP contribution in [-0.2, 0) is 4.79 Å². The molecule has 114 valence electrons. The molecule has 2 nitrogen and oxygen atoms in total. The van der Waals surface area contributed by atoms with Gasteiger partial charge in [-0.1, -0.05) is 42.5 Å². The maximum absolute atomic E-state index is 13.2. The van der Waals surface area contributed by atoms with E-state index in [0.717, 1.165) is 22.0 Å². The minimum atomic E-state index is -0.297. The first-order valence-corrected chi connectivity index (χ1v) is 8.46. The van der Waals surface area contributed by atoms with Crippen LogP contribution in [0.25, 0.3) is 10.8 Å². The van der Waals surface area contributed by atoms with Crippen molar-refractivity contribution < 1.29 is 9.18 Å². The van der Waals surface area contributed by atoms with Gasteiger partial charge in [-0.25, -0.2) is 4.39 Å². The second-order valence-electron chi connectivity index (χ2n) is 5.47. The fraction of sp³-hybridized carbons (Fsp3) is 0.105. The van der Waals surface area contributed by atoms with E-state index in [4.69, 9.17) is 0 Å². The number of nitrogens with zero attached hydrogens (tertiary/aromatic N) is 1. The van der Waals surface area contributed by atoms with E-state index < -0.39 is 0 Å². The Kier molecular flexibility index (Phi) is 3.54. The van der Waals surface area contributed by atoms with Gasteiger partial charge in [0.05, 0.1) is 5.75 Å². The molecule has 0 radical (unpaired) electrons. The number of carbonyl (C=O) groups is 1. The van der Waals surface area contributed by atoms with E-state index in [1.165, 1.54) is 12.1 Å². The number of hydrogen-bond donors (Lipinski definition) is 0. The van der Waals surface area contributed by atoms with E-state index in [1.54, 1.807) is 28.8 Å². The van der Waals surface area contributed by atoms with Crippen molar-refractivity contribution in [3.8, 4) is 0 Å². The van der Waals surface area contributed by atoms with Crippen molar-refractivity contribution in [2.24, 2.45) is 0 Å². The summed E-state index contributed by atoms with van der Waals surface area (Å²) in [5.74, 6) is 0.194. The molecule has 23 heavy (non-hydrogen) atoms. The monoisotopic (exact) mass is 323 g/mol. The van der Waals surface area contributed by atoms with E-state index in [-0.39, 0.29) is 17.1 Å². The van der Waals surface area contributed by atoms with Crippen LogP contribution in [0.3, 0.4) is 0 Å². The number of thioether (sulfide) groups is 1. The highest BCUT2D eigenvalue weighted by molar-refractivity contribution is 8.00. The van der Waals surface area contributed by atoms with E-state index >= 15 is 0 Å². The van der Waals surface area contributed by atoms with Crippen LogP contribution < -0.4 is 4.90 Å². The summed E-state index contributed by atoms with van der Waals surface area (Å²) in [5.41, 5.74) is 1.85. The molecule has 0 aromatic heterocycles. The van der Waals surface area contributed by atoms with Gasteiger partial charge in [0, 0.05) is 5.69 Å². The molecular formula is C19H14FNOS. The highest BCUT2D eigenvalue weighted by Crippen LogP contribution is 2.43. The molecule has 1 aliphatic rings. The van der Waals surface area contributed by atoms with Crippen LogP contribution in [0.2, 0.25) is 0 Å². The Morgan fingerprint density at radius 1 is 0.957 bits per heavy atom. The van der Waals surface area contributed by atoms with Gasteiger partial charge in [-0.3, -0.25) is 9.69 Å². The van der Waals surface area contributed by atoms with Crippen molar-refractivity contribution in [1.82, 2.24) is 0 Å². The zero-order valence-corrected chi connectivity index (χ0v) is 13.1. The molecule has 1 aliphatic heterocycles. The summed E-state index contributed by atoms with van der Waals surface area (Å²) in [6, 6.07) is 20.4. The summed E-state index contributed by atoms with van der Waals surface area (Å²) in [4.78, 5) is 14.2. The van der Waals surface area contributed by atoms with Crippen molar-refractivity contribution in [2.75, 3.05) is 10.7 Å². The van der Waals surface area contributed by atoms with E-state index in [1.807, 2.05) is 18.2 Å². The predicted molar refractivity (Wildman–Crippen MR) is 93.0 cm³/mol. The normalized spacial score (nSPS) is 17.9. The molecule has 1 saturated heterocycles. The quantitative estimate of drug-likeness (QED) is 0.678. The molecule has 1 amide bonds. The first-order valence-electron chi connectivity index (χ1n) is 7.41. The van der Waals surface area contributed by atoms with Crippen LogP contribution >= 0.6 is 11.8 Å². The lowest BCUT2D eigenvalue weighted by Crippen LogP contribution is -2.27. The lowest BCUT2D eigenvalue weighted by atomic mass is 10.0. The second-order valence-corrected chi connectivity index (χ2v) is 6.54. The van der Waals surface area contributed by atoms with Crippen molar-refractivity contribution in [1.29, 1.82) is 0 Å². The van der Waals surface area contributed by atoms with E-state index in [9.17, 15) is 9.18 Å². The molecule has 1 fully saturated rings. The summed E-state index contributed by atoms with van der Waals surface area (Å²) in [5, 5.41) is 2.22. The SMILES string of the molecule is O=C1CSC(c2cccc3ccccc23)N1c1ccc(F)cc1. The number of fused-ring (bicyclic) bond motifs is 1. The minimum Gasteiger partial charge on any atom is -0.295 e. The molecule has 4 rings (SSSR count). The Morgan fingerprint density at radius 2 is 1.70 bits per heavy atom. The van der Waals surface area contributed by atoms with Crippen LogP contribution in [-0.4, -0.2) is 11.7 Å². The molecule has 0 N–H and O–H groups in total. The third-order valence-electron chi connectivity index (χ3n) is 4.06. The van der Waals surface area contributed by atoms with Gasteiger partial charge in [0.1, 0.15) is 11.2 Å². The van der Waals surface area contributed by atoms with Crippen LogP contribution in [0.1, 0.15) is 10.9 Å². The molecule has 3 aromatic carbocycles. The van der Waals surface area contributed by atoms with Gasteiger partial charge in [-0.15, -0.1) is 11.8 Å². The highest BCUT2D eigenvalue weighted by Gasteiger charge is 2.34.